The molecule has 86 valence electrons. The molecule has 0 radical (unpaired) electrons. The van der Waals surface area contributed by atoms with E-state index in [1.54, 1.807) is 6.92 Å². The number of carbonyl (C=O) groups excluding carboxylic acids is 1. The van der Waals surface area contributed by atoms with Crippen LogP contribution >= 0.6 is 11.8 Å². The molecule has 1 rings (SSSR count). The van der Waals surface area contributed by atoms with Gasteiger partial charge in [-0.05, 0) is 31.6 Å². The summed E-state index contributed by atoms with van der Waals surface area (Å²) in [5.41, 5.74) is 8.21. The monoisotopic (exact) mass is 236 g/mol. The van der Waals surface area contributed by atoms with E-state index in [1.807, 2.05) is 31.2 Å². The van der Waals surface area contributed by atoms with Crippen molar-refractivity contribution in [2.24, 2.45) is 0 Å². The van der Waals surface area contributed by atoms with E-state index in [0.29, 0.717) is 5.69 Å². The van der Waals surface area contributed by atoms with Crippen LogP contribution in [-0.2, 0) is 4.79 Å². The van der Waals surface area contributed by atoms with Gasteiger partial charge in [-0.25, -0.2) is 0 Å². The Morgan fingerprint density at radius 3 is 3.00 bits per heavy atom. The molecule has 0 amide bonds. The minimum Gasteiger partial charge on any atom is -0.397 e. The zero-order valence-electron chi connectivity index (χ0n) is 9.56. The fraction of sp³-hybridized carbons (Fsp3) is 0.333. The van der Waals surface area contributed by atoms with Gasteiger partial charge in [-0.1, -0.05) is 17.8 Å². The van der Waals surface area contributed by atoms with Crippen LogP contribution in [0.3, 0.4) is 0 Å². The van der Waals surface area contributed by atoms with Gasteiger partial charge in [-0.2, -0.15) is 0 Å². The molecule has 1 aromatic rings. The van der Waals surface area contributed by atoms with Gasteiger partial charge in [-0.15, -0.1) is 0 Å². The fourth-order valence-corrected chi connectivity index (χ4v) is 1.73. The molecule has 0 atom stereocenters. The number of rotatable bonds is 4. The normalized spacial score (nSPS) is 10.9. The van der Waals surface area contributed by atoms with E-state index in [4.69, 9.17) is 5.73 Å². The molecule has 3 nitrogen and oxygen atoms in total. The van der Waals surface area contributed by atoms with Gasteiger partial charge in [0, 0.05) is 18.4 Å². The van der Waals surface area contributed by atoms with E-state index in [9.17, 15) is 4.79 Å². The van der Waals surface area contributed by atoms with Crippen molar-refractivity contribution in [3.8, 4) is 0 Å². The summed E-state index contributed by atoms with van der Waals surface area (Å²) >= 11 is 1.33. The Morgan fingerprint density at radius 2 is 2.31 bits per heavy atom. The predicted molar refractivity (Wildman–Crippen MR) is 70.2 cm³/mol. The van der Waals surface area contributed by atoms with E-state index in [1.165, 1.54) is 11.8 Å². The van der Waals surface area contributed by atoms with Gasteiger partial charge < -0.3 is 5.73 Å². The van der Waals surface area contributed by atoms with Crippen molar-refractivity contribution in [2.45, 2.75) is 20.3 Å². The van der Waals surface area contributed by atoms with Gasteiger partial charge in [0.1, 0.15) is 0 Å². The summed E-state index contributed by atoms with van der Waals surface area (Å²) in [5.74, 6) is 0.803. The lowest BCUT2D eigenvalue weighted by Gasteiger charge is -2.00. The van der Waals surface area contributed by atoms with Gasteiger partial charge >= 0.3 is 0 Å². The Labute approximate surface area is 100 Å². The first-order valence-electron chi connectivity index (χ1n) is 5.12. The molecule has 0 saturated carbocycles. The number of hydrogen-bond acceptors (Lipinski definition) is 4. The maximum Gasteiger partial charge on any atom is 0.185 e. The minimum absolute atomic E-state index is 0.154. The average Bonchev–Trinajstić information content (AvgIpc) is 2.22. The number of aryl methyl sites for hydroxylation is 1. The molecule has 2 N–H and O–H groups in total. The lowest BCUT2D eigenvalue weighted by molar-refractivity contribution is -0.109. The van der Waals surface area contributed by atoms with Crippen molar-refractivity contribution in [3.05, 3.63) is 29.6 Å². The second-order valence-electron chi connectivity index (χ2n) is 3.46. The van der Waals surface area contributed by atoms with Crippen LogP contribution < -0.4 is 5.73 Å². The molecule has 0 saturated heterocycles. The molecule has 1 heterocycles. The first-order chi connectivity index (χ1) is 7.59. The highest BCUT2D eigenvalue weighted by Crippen LogP contribution is 2.12. The number of pyridine rings is 1. The van der Waals surface area contributed by atoms with Crippen LogP contribution in [0, 0.1) is 6.92 Å². The number of nitrogens with two attached hydrogens (primary N) is 1. The number of nitrogen functional groups attached to an aromatic ring is 1. The standard InChI is InChI=1S/C12H16N2OS/c1-9-6-7-11(13)12(14-9)5-3-4-8-16-10(2)15/h3,5-7H,4,8,13H2,1-2H3. The Morgan fingerprint density at radius 1 is 1.56 bits per heavy atom. The molecule has 0 bridgehead atoms. The van der Waals surface area contributed by atoms with Gasteiger partial charge in [0.25, 0.3) is 0 Å². The molecule has 0 spiro atoms. The number of thioether (sulfide) groups is 1. The van der Waals surface area contributed by atoms with Crippen molar-refractivity contribution in [1.82, 2.24) is 4.98 Å². The highest BCUT2D eigenvalue weighted by Gasteiger charge is 1.96. The third kappa shape index (κ3) is 4.49. The quantitative estimate of drug-likeness (QED) is 0.816. The van der Waals surface area contributed by atoms with Crippen molar-refractivity contribution in [2.75, 3.05) is 11.5 Å². The van der Waals surface area contributed by atoms with Crippen molar-refractivity contribution in [1.29, 1.82) is 0 Å². The van der Waals surface area contributed by atoms with E-state index >= 15 is 0 Å². The van der Waals surface area contributed by atoms with E-state index in [2.05, 4.69) is 4.98 Å². The second kappa shape index (κ2) is 6.33. The first-order valence-corrected chi connectivity index (χ1v) is 6.11. The Hall–Kier alpha value is -1.29. The summed E-state index contributed by atoms with van der Waals surface area (Å²) in [6, 6.07) is 3.74. The minimum atomic E-state index is 0.154. The summed E-state index contributed by atoms with van der Waals surface area (Å²) < 4.78 is 0. The molecule has 0 aliphatic heterocycles. The van der Waals surface area contributed by atoms with Crippen LogP contribution in [0.1, 0.15) is 24.7 Å². The average molecular weight is 236 g/mol. The zero-order valence-corrected chi connectivity index (χ0v) is 10.4. The van der Waals surface area contributed by atoms with E-state index in [0.717, 1.165) is 23.6 Å². The third-order valence-electron chi connectivity index (χ3n) is 1.96. The van der Waals surface area contributed by atoms with Gasteiger partial charge in [0.15, 0.2) is 5.12 Å². The van der Waals surface area contributed by atoms with Gasteiger partial charge in [0.2, 0.25) is 0 Å². The maximum absolute atomic E-state index is 10.7. The first kappa shape index (κ1) is 12.8. The van der Waals surface area contributed by atoms with Crippen LogP contribution in [-0.4, -0.2) is 15.9 Å². The van der Waals surface area contributed by atoms with E-state index < -0.39 is 0 Å². The maximum atomic E-state index is 10.7. The molecule has 0 aliphatic carbocycles. The van der Waals surface area contributed by atoms with Gasteiger partial charge in [0.05, 0.1) is 11.4 Å². The van der Waals surface area contributed by atoms with Crippen LogP contribution in [0.5, 0.6) is 0 Å². The molecular weight excluding hydrogens is 220 g/mol. The van der Waals surface area contributed by atoms with Crippen LogP contribution in [0.25, 0.3) is 6.08 Å². The zero-order chi connectivity index (χ0) is 12.0. The lowest BCUT2D eigenvalue weighted by atomic mass is 10.2. The largest absolute Gasteiger partial charge is 0.397 e. The molecular formula is C12H16N2OS. The van der Waals surface area contributed by atoms with E-state index in [-0.39, 0.29) is 5.12 Å². The van der Waals surface area contributed by atoms with Crippen LogP contribution in [0.15, 0.2) is 18.2 Å². The van der Waals surface area contributed by atoms with Crippen molar-refractivity contribution < 1.29 is 4.79 Å². The van der Waals surface area contributed by atoms with Gasteiger partial charge in [-0.3, -0.25) is 9.78 Å². The van der Waals surface area contributed by atoms with Crippen LogP contribution in [0.2, 0.25) is 0 Å². The summed E-state index contributed by atoms with van der Waals surface area (Å²) in [6.45, 7) is 3.51. The number of allylic oxidation sites excluding steroid dienone is 1. The summed E-state index contributed by atoms with van der Waals surface area (Å²) in [4.78, 5) is 15.0. The summed E-state index contributed by atoms with van der Waals surface area (Å²) in [7, 11) is 0. The summed E-state index contributed by atoms with van der Waals surface area (Å²) in [5, 5.41) is 0.154. The third-order valence-corrected chi connectivity index (χ3v) is 2.81. The second-order valence-corrected chi connectivity index (χ2v) is 4.73. The number of anilines is 1. The fourth-order valence-electron chi connectivity index (χ4n) is 1.19. The number of nitrogens with zero attached hydrogens (tertiary/aromatic N) is 1. The molecule has 0 aliphatic rings. The number of hydrogen-bond donors (Lipinski definition) is 1. The molecule has 0 fully saturated rings. The molecule has 0 aromatic carbocycles. The van der Waals surface area contributed by atoms with Crippen molar-refractivity contribution in [3.63, 3.8) is 0 Å². The SMILES string of the molecule is CC(=O)SCCC=Cc1nc(C)ccc1N. The van der Waals surface area contributed by atoms with Crippen LogP contribution in [0.4, 0.5) is 5.69 Å². The van der Waals surface area contributed by atoms with Crippen molar-refractivity contribution >= 4 is 28.6 Å². The Balaban J connectivity index is 2.49. The molecule has 1 aromatic heterocycles. The number of aromatic nitrogens is 1. The smallest absolute Gasteiger partial charge is 0.185 e. The number of carbonyl (C=O) groups is 1. The summed E-state index contributed by atoms with van der Waals surface area (Å²) in [6.07, 6.45) is 4.75. The highest BCUT2D eigenvalue weighted by atomic mass is 32.2. The molecule has 0 unspecified atom stereocenters. The lowest BCUT2D eigenvalue weighted by Crippen LogP contribution is -1.94. The molecule has 16 heavy (non-hydrogen) atoms. The molecule has 4 heteroatoms. The topological polar surface area (TPSA) is 56.0 Å². The Bertz CT molecular complexity index is 402. The highest BCUT2D eigenvalue weighted by molar-refractivity contribution is 8.13. The Kier molecular flexibility index (Phi) is 5.05. The predicted octanol–water partition coefficient (Wildman–Crippen LogP) is 2.66.